The number of nitrogens with zero attached hydrogens (tertiary/aromatic N) is 1. The molecule has 1 unspecified atom stereocenters. The van der Waals surface area contributed by atoms with E-state index in [1.807, 2.05) is 0 Å². The quantitative estimate of drug-likeness (QED) is 0.494. The highest BCUT2D eigenvalue weighted by molar-refractivity contribution is 5.94. The molecule has 2 heterocycles. The summed E-state index contributed by atoms with van der Waals surface area (Å²) in [6.45, 7) is 2.11. The number of carbonyl (C=O) groups is 1. The van der Waals surface area contributed by atoms with Crippen LogP contribution in [-0.2, 0) is 9.47 Å². The molecule has 7 nitrogen and oxygen atoms in total. The fourth-order valence-corrected chi connectivity index (χ4v) is 1.61. The largest absolute Gasteiger partial charge is 0.376 e. The van der Waals surface area contributed by atoms with E-state index in [4.69, 9.17) is 15.3 Å². The molecule has 7 heteroatoms. The lowest BCUT2D eigenvalue weighted by Gasteiger charge is -2.23. The van der Waals surface area contributed by atoms with Crippen molar-refractivity contribution in [3.8, 4) is 0 Å². The van der Waals surface area contributed by atoms with Crippen LogP contribution in [0.5, 0.6) is 0 Å². The predicted molar refractivity (Wildman–Crippen MR) is 64.9 cm³/mol. The van der Waals surface area contributed by atoms with Gasteiger partial charge in [0, 0.05) is 18.3 Å². The Labute approximate surface area is 105 Å². The zero-order valence-corrected chi connectivity index (χ0v) is 9.89. The second-order valence-corrected chi connectivity index (χ2v) is 3.85. The maximum absolute atomic E-state index is 11.9. The molecule has 0 saturated carbocycles. The molecule has 0 bridgehead atoms. The topological polar surface area (TPSA) is 98.5 Å². The van der Waals surface area contributed by atoms with Gasteiger partial charge in [0.15, 0.2) is 0 Å². The average Bonchev–Trinajstić information content (AvgIpc) is 2.46. The number of amides is 1. The predicted octanol–water partition coefficient (Wildman–Crippen LogP) is -0.488. The van der Waals surface area contributed by atoms with Gasteiger partial charge in [0.1, 0.15) is 5.82 Å². The number of hydrogen-bond donors (Lipinski definition) is 3. The SMILES string of the molecule is NNc1cc(C(=O)NCC2COCCO2)ccn1. The van der Waals surface area contributed by atoms with Crippen molar-refractivity contribution in [2.24, 2.45) is 5.84 Å². The third-order valence-electron chi connectivity index (χ3n) is 2.55. The first kappa shape index (κ1) is 12.7. The molecule has 0 spiro atoms. The molecule has 1 aromatic heterocycles. The molecule has 98 valence electrons. The van der Waals surface area contributed by atoms with Crippen molar-refractivity contribution in [2.75, 3.05) is 31.8 Å². The van der Waals surface area contributed by atoms with E-state index in [-0.39, 0.29) is 12.0 Å². The molecule has 1 saturated heterocycles. The number of nitrogens with two attached hydrogens (primary N) is 1. The van der Waals surface area contributed by atoms with Gasteiger partial charge < -0.3 is 20.2 Å². The van der Waals surface area contributed by atoms with Crippen molar-refractivity contribution in [1.29, 1.82) is 0 Å². The summed E-state index contributed by atoms with van der Waals surface area (Å²) in [6, 6.07) is 3.20. The zero-order chi connectivity index (χ0) is 12.8. The molecule has 18 heavy (non-hydrogen) atoms. The number of nitrogens with one attached hydrogen (secondary N) is 2. The summed E-state index contributed by atoms with van der Waals surface area (Å²) in [6.07, 6.45) is 1.43. The van der Waals surface area contributed by atoms with Crippen LogP contribution in [0.3, 0.4) is 0 Å². The van der Waals surface area contributed by atoms with E-state index in [2.05, 4.69) is 15.7 Å². The van der Waals surface area contributed by atoms with E-state index in [1.165, 1.54) is 6.20 Å². The van der Waals surface area contributed by atoms with Crippen molar-refractivity contribution >= 4 is 11.7 Å². The minimum Gasteiger partial charge on any atom is -0.376 e. The average molecular weight is 252 g/mol. The summed E-state index contributed by atoms with van der Waals surface area (Å²) in [5.41, 5.74) is 2.89. The lowest BCUT2D eigenvalue weighted by atomic mass is 10.2. The van der Waals surface area contributed by atoms with Gasteiger partial charge in [-0.25, -0.2) is 10.8 Å². The third kappa shape index (κ3) is 3.39. The van der Waals surface area contributed by atoms with Crippen LogP contribution in [0.4, 0.5) is 5.82 Å². The van der Waals surface area contributed by atoms with Gasteiger partial charge in [-0.2, -0.15) is 0 Å². The molecular formula is C11H16N4O3. The molecule has 1 aliphatic rings. The summed E-state index contributed by atoms with van der Waals surface area (Å²) in [5, 5.41) is 2.78. The first-order valence-corrected chi connectivity index (χ1v) is 5.70. The Morgan fingerprint density at radius 3 is 3.17 bits per heavy atom. The summed E-state index contributed by atoms with van der Waals surface area (Å²) in [4.78, 5) is 15.8. The number of hydrazine groups is 1. The lowest BCUT2D eigenvalue weighted by Crippen LogP contribution is -2.39. The number of pyridine rings is 1. The van der Waals surface area contributed by atoms with E-state index in [0.717, 1.165) is 0 Å². The summed E-state index contributed by atoms with van der Waals surface area (Å²) >= 11 is 0. The van der Waals surface area contributed by atoms with Crippen molar-refractivity contribution in [3.63, 3.8) is 0 Å². The molecule has 1 aliphatic heterocycles. The first-order chi connectivity index (χ1) is 8.79. The minimum absolute atomic E-state index is 0.0864. The minimum atomic E-state index is -0.192. The van der Waals surface area contributed by atoms with Crippen LogP contribution in [0, 0.1) is 0 Å². The molecule has 1 atom stereocenters. The number of nitrogen functional groups attached to an aromatic ring is 1. The number of rotatable bonds is 4. The second kappa shape index (κ2) is 6.29. The lowest BCUT2D eigenvalue weighted by molar-refractivity contribution is -0.0855. The number of anilines is 1. The summed E-state index contributed by atoms with van der Waals surface area (Å²) < 4.78 is 10.7. The molecule has 1 fully saturated rings. The van der Waals surface area contributed by atoms with Crippen molar-refractivity contribution in [1.82, 2.24) is 10.3 Å². The molecule has 1 amide bonds. The van der Waals surface area contributed by atoms with E-state index in [0.29, 0.717) is 37.7 Å². The molecule has 1 aromatic rings. The monoisotopic (exact) mass is 252 g/mol. The number of ether oxygens (including phenoxy) is 2. The van der Waals surface area contributed by atoms with Crippen molar-refractivity contribution in [2.45, 2.75) is 6.10 Å². The smallest absolute Gasteiger partial charge is 0.251 e. The molecule has 0 radical (unpaired) electrons. The fourth-order valence-electron chi connectivity index (χ4n) is 1.61. The van der Waals surface area contributed by atoms with E-state index in [1.54, 1.807) is 12.1 Å². The second-order valence-electron chi connectivity index (χ2n) is 3.85. The fraction of sp³-hybridized carbons (Fsp3) is 0.455. The Balaban J connectivity index is 1.86. The summed E-state index contributed by atoms with van der Waals surface area (Å²) in [5.74, 6) is 5.48. The van der Waals surface area contributed by atoms with Crippen LogP contribution in [0.15, 0.2) is 18.3 Å². The Kier molecular flexibility index (Phi) is 4.46. The van der Waals surface area contributed by atoms with Gasteiger partial charge in [-0.1, -0.05) is 0 Å². The molecule has 2 rings (SSSR count). The van der Waals surface area contributed by atoms with E-state index in [9.17, 15) is 4.79 Å². The highest BCUT2D eigenvalue weighted by Crippen LogP contribution is 2.05. The van der Waals surface area contributed by atoms with Crippen LogP contribution < -0.4 is 16.6 Å². The maximum atomic E-state index is 11.9. The first-order valence-electron chi connectivity index (χ1n) is 5.70. The number of aromatic nitrogens is 1. The Bertz CT molecular complexity index is 407. The zero-order valence-electron chi connectivity index (χ0n) is 9.89. The number of hydrogen-bond acceptors (Lipinski definition) is 6. The maximum Gasteiger partial charge on any atom is 0.251 e. The van der Waals surface area contributed by atoms with Gasteiger partial charge >= 0.3 is 0 Å². The van der Waals surface area contributed by atoms with Gasteiger partial charge in [-0.3, -0.25) is 4.79 Å². The van der Waals surface area contributed by atoms with Crippen molar-refractivity contribution in [3.05, 3.63) is 23.9 Å². The van der Waals surface area contributed by atoms with Crippen LogP contribution in [0.25, 0.3) is 0 Å². The Morgan fingerprint density at radius 2 is 2.44 bits per heavy atom. The molecule has 0 aromatic carbocycles. The highest BCUT2D eigenvalue weighted by atomic mass is 16.6. The third-order valence-corrected chi connectivity index (χ3v) is 2.55. The van der Waals surface area contributed by atoms with Gasteiger partial charge in [0.25, 0.3) is 5.91 Å². The van der Waals surface area contributed by atoms with Crippen LogP contribution in [0.1, 0.15) is 10.4 Å². The van der Waals surface area contributed by atoms with Crippen LogP contribution in [0.2, 0.25) is 0 Å². The van der Waals surface area contributed by atoms with E-state index < -0.39 is 0 Å². The van der Waals surface area contributed by atoms with Crippen LogP contribution in [-0.4, -0.2) is 43.4 Å². The van der Waals surface area contributed by atoms with Gasteiger partial charge in [0.2, 0.25) is 0 Å². The Hall–Kier alpha value is -1.70. The Morgan fingerprint density at radius 1 is 1.56 bits per heavy atom. The van der Waals surface area contributed by atoms with Gasteiger partial charge in [-0.15, -0.1) is 0 Å². The molecular weight excluding hydrogens is 236 g/mol. The number of carbonyl (C=O) groups excluding carboxylic acids is 1. The summed E-state index contributed by atoms with van der Waals surface area (Å²) in [7, 11) is 0. The van der Waals surface area contributed by atoms with Crippen molar-refractivity contribution < 1.29 is 14.3 Å². The molecule has 4 N–H and O–H groups in total. The van der Waals surface area contributed by atoms with Crippen LogP contribution >= 0.6 is 0 Å². The standard InChI is InChI=1S/C11H16N4O3/c12-15-10-5-8(1-2-13-10)11(16)14-6-9-7-17-3-4-18-9/h1-2,5,9H,3-4,6-7,12H2,(H,13,15)(H,14,16). The van der Waals surface area contributed by atoms with Gasteiger partial charge in [0.05, 0.1) is 25.9 Å². The van der Waals surface area contributed by atoms with Gasteiger partial charge in [-0.05, 0) is 12.1 Å². The van der Waals surface area contributed by atoms with E-state index >= 15 is 0 Å². The normalized spacial score (nSPS) is 19.3. The highest BCUT2D eigenvalue weighted by Gasteiger charge is 2.15. The molecule has 0 aliphatic carbocycles.